The lowest BCUT2D eigenvalue weighted by atomic mass is 10.2. The Kier molecular flexibility index (Phi) is 4.80. The predicted molar refractivity (Wildman–Crippen MR) is 75.4 cm³/mol. The van der Waals surface area contributed by atoms with E-state index in [-0.39, 0.29) is 5.91 Å². The van der Waals surface area contributed by atoms with Gasteiger partial charge in [0.05, 0.1) is 0 Å². The van der Waals surface area contributed by atoms with Crippen molar-refractivity contribution in [3.8, 4) is 5.75 Å². The molecule has 0 saturated carbocycles. The summed E-state index contributed by atoms with van der Waals surface area (Å²) in [5.41, 5.74) is 1.17. The average Bonchev–Trinajstić information content (AvgIpc) is 2.41. The fourth-order valence-corrected chi connectivity index (χ4v) is 2.29. The Labute approximate surface area is 115 Å². The quantitative estimate of drug-likeness (QED) is 0.825. The highest BCUT2D eigenvalue weighted by molar-refractivity contribution is 5.73. The number of amides is 1. The number of benzene rings is 1. The fraction of sp³-hybridized carbons (Fsp3) is 0.533. The molecule has 0 bridgehead atoms. The van der Waals surface area contributed by atoms with Crippen molar-refractivity contribution in [2.45, 2.75) is 13.8 Å². The number of ether oxygens (including phenoxy) is 1. The summed E-state index contributed by atoms with van der Waals surface area (Å²) in [6, 6.07) is 8.07. The highest BCUT2D eigenvalue weighted by Crippen LogP contribution is 2.16. The van der Waals surface area contributed by atoms with Crippen LogP contribution in [0.4, 0.5) is 0 Å². The Hall–Kier alpha value is -1.55. The van der Waals surface area contributed by atoms with Crippen molar-refractivity contribution >= 4 is 5.91 Å². The van der Waals surface area contributed by atoms with Gasteiger partial charge >= 0.3 is 0 Å². The molecule has 1 aromatic carbocycles. The maximum absolute atomic E-state index is 11.2. The SMILES string of the molecule is CC(=O)N1CCN(CCOc2ccccc2C)CC1. The molecule has 0 unspecified atom stereocenters. The normalized spacial score (nSPS) is 16.4. The largest absolute Gasteiger partial charge is 0.492 e. The van der Waals surface area contributed by atoms with E-state index in [1.165, 1.54) is 5.56 Å². The van der Waals surface area contributed by atoms with Gasteiger partial charge in [0.15, 0.2) is 0 Å². The monoisotopic (exact) mass is 262 g/mol. The van der Waals surface area contributed by atoms with Crippen molar-refractivity contribution in [1.82, 2.24) is 9.80 Å². The molecule has 0 radical (unpaired) electrons. The molecule has 1 saturated heterocycles. The van der Waals surface area contributed by atoms with Gasteiger partial charge in [-0.25, -0.2) is 0 Å². The van der Waals surface area contributed by atoms with Crippen LogP contribution in [-0.2, 0) is 4.79 Å². The third-order valence-corrected chi connectivity index (χ3v) is 3.58. The molecule has 1 aliphatic rings. The van der Waals surface area contributed by atoms with Gasteiger partial charge in [0, 0.05) is 39.6 Å². The number of rotatable bonds is 4. The molecule has 2 rings (SSSR count). The van der Waals surface area contributed by atoms with Gasteiger partial charge in [0.25, 0.3) is 0 Å². The molecule has 1 fully saturated rings. The minimum atomic E-state index is 0.177. The van der Waals surface area contributed by atoms with E-state index in [2.05, 4.69) is 17.9 Å². The highest BCUT2D eigenvalue weighted by atomic mass is 16.5. The Morgan fingerprint density at radius 2 is 1.89 bits per heavy atom. The van der Waals surface area contributed by atoms with E-state index >= 15 is 0 Å². The molecule has 4 heteroatoms. The second-order valence-electron chi connectivity index (χ2n) is 4.96. The zero-order chi connectivity index (χ0) is 13.7. The first-order valence-corrected chi connectivity index (χ1v) is 6.83. The molecular weight excluding hydrogens is 240 g/mol. The first-order valence-electron chi connectivity index (χ1n) is 6.83. The summed E-state index contributed by atoms with van der Waals surface area (Å²) in [7, 11) is 0. The Bertz CT molecular complexity index is 426. The molecule has 1 heterocycles. The molecule has 1 aromatic rings. The van der Waals surface area contributed by atoms with Gasteiger partial charge < -0.3 is 9.64 Å². The van der Waals surface area contributed by atoms with Crippen LogP contribution in [0, 0.1) is 6.92 Å². The topological polar surface area (TPSA) is 32.8 Å². The van der Waals surface area contributed by atoms with Crippen molar-refractivity contribution in [2.24, 2.45) is 0 Å². The second kappa shape index (κ2) is 6.57. The molecule has 0 atom stereocenters. The van der Waals surface area contributed by atoms with Crippen LogP contribution in [0.5, 0.6) is 5.75 Å². The summed E-state index contributed by atoms with van der Waals surface area (Å²) in [4.78, 5) is 15.5. The van der Waals surface area contributed by atoms with Crippen molar-refractivity contribution in [1.29, 1.82) is 0 Å². The second-order valence-corrected chi connectivity index (χ2v) is 4.96. The number of aryl methyl sites for hydroxylation is 1. The first kappa shape index (κ1) is 13.9. The lowest BCUT2D eigenvalue weighted by Gasteiger charge is -2.34. The minimum absolute atomic E-state index is 0.177. The van der Waals surface area contributed by atoms with E-state index in [9.17, 15) is 4.79 Å². The average molecular weight is 262 g/mol. The number of hydrogen-bond acceptors (Lipinski definition) is 3. The Morgan fingerprint density at radius 1 is 1.21 bits per heavy atom. The molecular formula is C15H22N2O2. The summed E-state index contributed by atoms with van der Waals surface area (Å²) in [6.07, 6.45) is 0. The predicted octanol–water partition coefficient (Wildman–Crippen LogP) is 1.54. The molecule has 0 aromatic heterocycles. The lowest BCUT2D eigenvalue weighted by Crippen LogP contribution is -2.48. The molecule has 0 N–H and O–H groups in total. The molecule has 104 valence electrons. The van der Waals surface area contributed by atoms with Gasteiger partial charge in [0.1, 0.15) is 12.4 Å². The van der Waals surface area contributed by atoms with Gasteiger partial charge in [-0.1, -0.05) is 18.2 Å². The third kappa shape index (κ3) is 3.96. The van der Waals surface area contributed by atoms with Gasteiger partial charge in [-0.15, -0.1) is 0 Å². The molecule has 4 nitrogen and oxygen atoms in total. The van der Waals surface area contributed by atoms with Gasteiger partial charge in [-0.3, -0.25) is 9.69 Å². The van der Waals surface area contributed by atoms with Crippen molar-refractivity contribution < 1.29 is 9.53 Å². The zero-order valence-corrected chi connectivity index (χ0v) is 11.8. The summed E-state index contributed by atoms with van der Waals surface area (Å²) in [6.45, 7) is 8.86. The van der Waals surface area contributed by atoms with Crippen molar-refractivity contribution in [3.63, 3.8) is 0 Å². The molecule has 0 spiro atoms. The van der Waals surface area contributed by atoms with Crippen LogP contribution in [0.3, 0.4) is 0 Å². The third-order valence-electron chi connectivity index (χ3n) is 3.58. The van der Waals surface area contributed by atoms with Gasteiger partial charge in [-0.05, 0) is 18.6 Å². The van der Waals surface area contributed by atoms with Gasteiger partial charge in [-0.2, -0.15) is 0 Å². The molecule has 0 aliphatic carbocycles. The highest BCUT2D eigenvalue weighted by Gasteiger charge is 2.18. The minimum Gasteiger partial charge on any atom is -0.492 e. The van der Waals surface area contributed by atoms with Crippen LogP contribution < -0.4 is 4.74 Å². The number of carbonyl (C=O) groups is 1. The number of para-hydroxylation sites is 1. The Balaban J connectivity index is 1.70. The van der Waals surface area contributed by atoms with Crippen molar-refractivity contribution in [3.05, 3.63) is 29.8 Å². The summed E-state index contributed by atoms with van der Waals surface area (Å²) >= 11 is 0. The molecule has 19 heavy (non-hydrogen) atoms. The van der Waals surface area contributed by atoms with E-state index in [0.29, 0.717) is 6.61 Å². The van der Waals surface area contributed by atoms with Crippen LogP contribution in [-0.4, -0.2) is 55.0 Å². The number of hydrogen-bond donors (Lipinski definition) is 0. The summed E-state index contributed by atoms with van der Waals surface area (Å²) in [5.74, 6) is 1.14. The molecule has 1 aliphatic heterocycles. The van der Waals surface area contributed by atoms with E-state index in [1.54, 1.807) is 6.92 Å². The number of nitrogens with zero attached hydrogens (tertiary/aromatic N) is 2. The maximum Gasteiger partial charge on any atom is 0.219 e. The van der Waals surface area contributed by atoms with Gasteiger partial charge in [0.2, 0.25) is 5.91 Å². The maximum atomic E-state index is 11.2. The summed E-state index contributed by atoms with van der Waals surface area (Å²) in [5, 5.41) is 0. The Morgan fingerprint density at radius 3 is 2.53 bits per heavy atom. The number of piperazine rings is 1. The van der Waals surface area contributed by atoms with Crippen molar-refractivity contribution in [2.75, 3.05) is 39.3 Å². The van der Waals surface area contributed by atoms with Crippen LogP contribution in [0.2, 0.25) is 0 Å². The van der Waals surface area contributed by atoms with E-state index < -0.39 is 0 Å². The lowest BCUT2D eigenvalue weighted by molar-refractivity contribution is -0.130. The van der Waals surface area contributed by atoms with Crippen LogP contribution in [0.1, 0.15) is 12.5 Å². The zero-order valence-electron chi connectivity index (χ0n) is 11.8. The summed E-state index contributed by atoms with van der Waals surface area (Å²) < 4.78 is 5.79. The standard InChI is InChI=1S/C15H22N2O2/c1-13-5-3-4-6-15(13)19-12-11-16-7-9-17(10-8-16)14(2)18/h3-6H,7-12H2,1-2H3. The van der Waals surface area contributed by atoms with Crippen LogP contribution in [0.15, 0.2) is 24.3 Å². The number of carbonyl (C=O) groups excluding carboxylic acids is 1. The smallest absolute Gasteiger partial charge is 0.219 e. The molecule has 1 amide bonds. The van der Waals surface area contributed by atoms with Crippen LogP contribution in [0.25, 0.3) is 0 Å². The first-order chi connectivity index (χ1) is 9.16. The van der Waals surface area contributed by atoms with E-state index in [4.69, 9.17) is 4.74 Å². The van der Waals surface area contributed by atoms with E-state index in [1.807, 2.05) is 23.1 Å². The van der Waals surface area contributed by atoms with E-state index in [0.717, 1.165) is 38.5 Å². The van der Waals surface area contributed by atoms with Crippen LogP contribution >= 0.6 is 0 Å². The fourth-order valence-electron chi connectivity index (χ4n) is 2.29.